The van der Waals surface area contributed by atoms with E-state index in [2.05, 4.69) is 30.3 Å². The van der Waals surface area contributed by atoms with Crippen LogP contribution in [-0.2, 0) is 74.6 Å². The van der Waals surface area contributed by atoms with Crippen LogP contribution in [-0.4, -0.2) is 193 Å². The number of fused-ring (bicyclic) bond motifs is 8. The summed E-state index contributed by atoms with van der Waals surface area (Å²) < 4.78 is 53.9. The molecular weight excluding hydrogens is 1660 g/mol. The van der Waals surface area contributed by atoms with Gasteiger partial charge in [-0.15, -0.1) is 0 Å². The van der Waals surface area contributed by atoms with Crippen molar-refractivity contribution in [3.63, 3.8) is 0 Å². The number of rotatable bonds is 10. The highest BCUT2D eigenvalue weighted by Gasteiger charge is 2.59. The Morgan fingerprint density at radius 3 is 0.910 bits per heavy atom. The number of amides is 6. The normalized spacial score (nSPS) is 20.9. The van der Waals surface area contributed by atoms with Crippen molar-refractivity contribution in [2.45, 2.75) is 336 Å². The van der Waals surface area contributed by atoms with Gasteiger partial charge in [0, 0.05) is 95.1 Å². The van der Waals surface area contributed by atoms with E-state index in [0.29, 0.717) is 136 Å². The van der Waals surface area contributed by atoms with Crippen molar-refractivity contribution >= 4 is 96.8 Å². The van der Waals surface area contributed by atoms with E-state index < -0.39 is 105 Å². The minimum Gasteiger partial charge on any atom is -0.481 e. The Balaban J connectivity index is 0.000000186. The Hall–Kier alpha value is -6.93. The Bertz CT molecular complexity index is 4570. The zero-order valence-electron chi connectivity index (χ0n) is 77.0. The molecule has 0 bridgehead atoms. The average molecular weight is 1800 g/mol. The number of hydrogen-bond acceptors (Lipinski definition) is 21. The van der Waals surface area contributed by atoms with Gasteiger partial charge in [0.1, 0.15) is 69.2 Å². The van der Waals surface area contributed by atoms with Crippen LogP contribution in [0.15, 0.2) is 24.3 Å². The lowest BCUT2D eigenvalue weighted by Gasteiger charge is -2.41. The summed E-state index contributed by atoms with van der Waals surface area (Å²) in [5, 5.41) is 18.0. The van der Waals surface area contributed by atoms with Gasteiger partial charge in [-0.05, 0) is 248 Å². The van der Waals surface area contributed by atoms with Gasteiger partial charge in [0.15, 0.2) is 0 Å². The second-order valence-corrected chi connectivity index (χ2v) is 48.6. The van der Waals surface area contributed by atoms with Crippen LogP contribution in [0.25, 0.3) is 0 Å². The molecule has 0 saturated carbocycles. The van der Waals surface area contributed by atoms with Crippen molar-refractivity contribution in [3.8, 4) is 0 Å². The lowest BCUT2D eigenvalue weighted by molar-refractivity contribution is -0.174. The van der Waals surface area contributed by atoms with Crippen molar-refractivity contribution in [2.24, 2.45) is 11.1 Å². The maximum atomic E-state index is 12.7. The number of alkyl carbamates (subject to hydrolysis) is 1. The van der Waals surface area contributed by atoms with Crippen LogP contribution in [0.5, 0.6) is 0 Å². The van der Waals surface area contributed by atoms with Gasteiger partial charge in [-0.2, -0.15) is 0 Å². The van der Waals surface area contributed by atoms with Gasteiger partial charge in [0.25, 0.3) is 0 Å². The number of piperidine rings is 4. The Morgan fingerprint density at radius 2 is 0.672 bits per heavy atom. The predicted molar refractivity (Wildman–Crippen MR) is 470 cm³/mol. The number of nitrogens with two attached hydrogens (primary N) is 1. The van der Waals surface area contributed by atoms with Gasteiger partial charge >= 0.3 is 36.4 Å². The molecule has 4 saturated heterocycles. The van der Waals surface area contributed by atoms with Crippen molar-refractivity contribution in [1.29, 1.82) is 0 Å². The Kier molecular flexibility index (Phi) is 29.2. The molecule has 4 aromatic rings. The molecule has 4 fully saturated rings. The molecule has 6 amide bonds. The second kappa shape index (κ2) is 36.1. The molecule has 12 heterocycles. The maximum Gasteiger partial charge on any atom is 0.410 e. The Morgan fingerprint density at radius 1 is 0.434 bits per heavy atom. The number of carboxylic acids is 1. The smallest absolute Gasteiger partial charge is 0.410 e. The molecule has 122 heavy (non-hydrogen) atoms. The molecule has 0 aliphatic carbocycles. The third-order valence-electron chi connectivity index (χ3n) is 23.0. The molecule has 28 nitrogen and oxygen atoms in total. The van der Waals surface area contributed by atoms with Gasteiger partial charge < -0.3 is 83.7 Å². The number of carbonyl (C=O) groups excluding carboxylic acids is 6. The largest absolute Gasteiger partial charge is 0.481 e. The third-order valence-corrected chi connectivity index (χ3v) is 26.3. The van der Waals surface area contributed by atoms with E-state index in [-0.39, 0.29) is 36.4 Å². The molecule has 4 atom stereocenters. The molecular formula is C89H133Cl4N11O17Si. The summed E-state index contributed by atoms with van der Waals surface area (Å²) in [7, 11) is -1.31. The number of nitrogens with one attached hydrogen (secondary N) is 2. The summed E-state index contributed by atoms with van der Waals surface area (Å²) in [5.41, 5.74) is 8.24. The van der Waals surface area contributed by atoms with Crippen molar-refractivity contribution in [3.05, 3.63) is 112 Å². The van der Waals surface area contributed by atoms with Crippen LogP contribution in [0.2, 0.25) is 45.8 Å². The highest BCUT2D eigenvalue weighted by Crippen LogP contribution is 2.58. The molecule has 33 heteroatoms. The first kappa shape index (κ1) is 98.9. The second-order valence-electron chi connectivity index (χ2n) is 41.4. The minimum absolute atomic E-state index is 0.128. The molecule has 0 unspecified atom stereocenters. The van der Waals surface area contributed by atoms with Crippen LogP contribution in [0.1, 0.15) is 289 Å². The SMILES string of the molecule is CC(=O)NC(C)(C)[C@H]1OC2(CCN(C(=O)OC(C)(C)C)CC2)c2nc(C)c(Cl)cc21.Cc1nc2c(cc1Cl)[C@@H](C(C)(C)C(=O)O)OC21CCN(C(=O)OC(C)(C)C)CC1.Cc1nc2c(cc1Cl)[C@@H](C(C)(C)N)OC21CCN(C(=O)OC(C)(C)C)CC1.Cc1nc2c(cc1Cl)[C@@H](C(C)(C)NC(=O)OCC[Si](C)(C)C)OC21CCN(C(=O)OC(C)(C)C)CC1. The fourth-order valence-corrected chi connectivity index (χ4v) is 17.9. The molecule has 4 aromatic heterocycles. The van der Waals surface area contributed by atoms with Crippen molar-refractivity contribution < 1.29 is 81.3 Å². The first-order valence-electron chi connectivity index (χ1n) is 42.3. The van der Waals surface area contributed by atoms with Crippen LogP contribution >= 0.6 is 46.4 Å². The molecule has 5 N–H and O–H groups in total. The summed E-state index contributed by atoms with van der Waals surface area (Å²) >= 11 is 25.5. The lowest BCUT2D eigenvalue weighted by atomic mass is 9.81. The summed E-state index contributed by atoms with van der Waals surface area (Å²) in [6.07, 6.45) is 1.10. The van der Waals surface area contributed by atoms with E-state index in [1.165, 1.54) is 6.92 Å². The number of aryl methyl sites for hydroxylation is 4. The van der Waals surface area contributed by atoms with Crippen LogP contribution < -0.4 is 16.4 Å². The van der Waals surface area contributed by atoms with E-state index in [1.807, 2.05) is 171 Å². The maximum absolute atomic E-state index is 12.7. The first-order valence-corrected chi connectivity index (χ1v) is 47.6. The third kappa shape index (κ3) is 23.1. The standard InChI is InChI=1S/C26H42ClN3O5Si.C22H32ClN3O4.C21H29ClN2O5.C20H30ClN3O3/c1-17-19(27)16-18-20(28-17)26(10-12-30(13-11-26)23(32)35-24(2,3)4)34-21(18)25(5,6)29-22(31)33-14-15-36(7,8)9;1-13-16(23)12-15-17(24-13)22(29-18(15)21(6,7)25-14(2)27)8-10-26(11-9-22)19(28)30-20(3,4)5;1-12-14(22)11-13-15(23-12)21(28-16(13)20(5,6)17(25)26)7-9-24(10-8-21)18(27)29-19(2,3)4;1-12-14(21)11-13-15(23-12)20(26-16(13)19(5,6)22)7-9-24(10-8-20)17(25)27-18(2,3)4/h16,21H,10-15H2,1-9H3,(H,29,31);12,18H,8-11H2,1-7H3,(H,25,27);11,16H,7-10H2,1-6H3,(H,25,26);11,16H,7-10,22H2,1-6H3/t21-;18-;2*16-/m0000/s1. The summed E-state index contributed by atoms with van der Waals surface area (Å²) in [6.45, 7) is 57.2. The van der Waals surface area contributed by atoms with E-state index >= 15 is 0 Å². The summed E-state index contributed by atoms with van der Waals surface area (Å²) in [5.74, 6) is -1.08. The van der Waals surface area contributed by atoms with Crippen molar-refractivity contribution in [1.82, 2.24) is 50.2 Å². The number of pyridine rings is 4. The van der Waals surface area contributed by atoms with E-state index in [0.717, 1.165) is 68.2 Å². The fraction of sp³-hybridized carbons (Fsp3) is 0.697. The van der Waals surface area contributed by atoms with Gasteiger partial charge in [0.05, 0.1) is 88.7 Å². The van der Waals surface area contributed by atoms with Crippen LogP contribution in [0, 0.1) is 33.1 Å². The van der Waals surface area contributed by atoms with Gasteiger partial charge in [-0.1, -0.05) is 66.0 Å². The molecule has 8 aliphatic rings. The topological polar surface area (TPSA) is 337 Å². The zero-order valence-corrected chi connectivity index (χ0v) is 81.0. The number of carboxylic acid groups (broad SMARTS) is 1. The van der Waals surface area contributed by atoms with Gasteiger partial charge in [-0.25, -0.2) is 24.0 Å². The van der Waals surface area contributed by atoms with E-state index in [4.69, 9.17) is 115 Å². The van der Waals surface area contributed by atoms with Crippen LogP contribution in [0.4, 0.5) is 24.0 Å². The molecule has 678 valence electrons. The zero-order chi connectivity index (χ0) is 91.6. The number of nitrogens with zero attached hydrogens (tertiary/aromatic N) is 8. The highest BCUT2D eigenvalue weighted by atomic mass is 35.5. The summed E-state index contributed by atoms with van der Waals surface area (Å²) in [4.78, 5) is 112. The molecule has 12 rings (SSSR count). The fourth-order valence-electron chi connectivity index (χ4n) is 16.6. The summed E-state index contributed by atoms with van der Waals surface area (Å²) in [6, 6.07) is 8.43. The molecule has 0 aromatic carbocycles. The molecule has 8 aliphatic heterocycles. The quantitative estimate of drug-likeness (QED) is 0.0846. The number of hydrogen-bond donors (Lipinski definition) is 4. The highest BCUT2D eigenvalue weighted by molar-refractivity contribution is 6.76. The molecule has 4 spiro atoms. The molecule has 0 radical (unpaired) electrons. The predicted octanol–water partition coefficient (Wildman–Crippen LogP) is 19.0. The number of carbonyl (C=O) groups is 7. The van der Waals surface area contributed by atoms with Gasteiger partial charge in [0.2, 0.25) is 5.91 Å². The van der Waals surface area contributed by atoms with Crippen LogP contribution in [0.3, 0.4) is 0 Å². The number of aliphatic carboxylic acids is 1. The number of likely N-dealkylation sites (tertiary alicyclic amines) is 4. The average Bonchev–Trinajstić information content (AvgIpc) is 1.63. The lowest BCUT2D eigenvalue weighted by Crippen LogP contribution is -2.50. The number of ether oxygens (including phenoxy) is 9. The van der Waals surface area contributed by atoms with E-state index in [1.54, 1.807) is 39.5 Å². The first-order chi connectivity index (χ1) is 55.8. The number of halogens is 4. The minimum atomic E-state index is -1.31. The Labute approximate surface area is 742 Å². The van der Waals surface area contributed by atoms with Crippen molar-refractivity contribution in [2.75, 3.05) is 59.0 Å². The van der Waals surface area contributed by atoms with E-state index in [9.17, 15) is 38.7 Å². The van der Waals surface area contributed by atoms with Gasteiger partial charge in [-0.3, -0.25) is 29.5 Å². The number of aromatic nitrogens is 4. The monoisotopic (exact) mass is 1800 g/mol.